The van der Waals surface area contributed by atoms with Gasteiger partial charge in [-0.3, -0.25) is 14.6 Å². The SMILES string of the molecule is O=C(Nc1cnc2ccccc2c1)C(=O)N[C@@H]1CCCOc2ccccc21. The Kier molecular flexibility index (Phi) is 4.70. The first kappa shape index (κ1) is 17.0. The fraction of sp³-hybridized carbons (Fsp3) is 0.190. The van der Waals surface area contributed by atoms with Crippen molar-refractivity contribution in [2.75, 3.05) is 11.9 Å². The van der Waals surface area contributed by atoms with Gasteiger partial charge in [-0.15, -0.1) is 0 Å². The van der Waals surface area contributed by atoms with Crippen LogP contribution in [0.2, 0.25) is 0 Å². The van der Waals surface area contributed by atoms with Gasteiger partial charge in [0.15, 0.2) is 0 Å². The highest BCUT2D eigenvalue weighted by Gasteiger charge is 2.24. The van der Waals surface area contributed by atoms with Crippen LogP contribution in [0.1, 0.15) is 24.4 Å². The summed E-state index contributed by atoms with van der Waals surface area (Å²) >= 11 is 0. The van der Waals surface area contributed by atoms with Crippen LogP contribution in [0.3, 0.4) is 0 Å². The van der Waals surface area contributed by atoms with Gasteiger partial charge in [0.2, 0.25) is 0 Å². The zero-order valence-corrected chi connectivity index (χ0v) is 14.6. The number of hydrogen-bond acceptors (Lipinski definition) is 4. The number of ether oxygens (including phenoxy) is 1. The number of amides is 2. The molecule has 0 radical (unpaired) electrons. The Bertz CT molecular complexity index is 1000. The second-order valence-electron chi connectivity index (χ2n) is 6.43. The Labute approximate surface area is 156 Å². The minimum absolute atomic E-state index is 0.253. The minimum atomic E-state index is -0.713. The van der Waals surface area contributed by atoms with Gasteiger partial charge < -0.3 is 15.4 Å². The van der Waals surface area contributed by atoms with Gasteiger partial charge in [0.1, 0.15) is 5.75 Å². The number of carbonyl (C=O) groups is 2. The number of rotatable bonds is 2. The molecule has 27 heavy (non-hydrogen) atoms. The number of hydrogen-bond donors (Lipinski definition) is 2. The molecule has 0 bridgehead atoms. The van der Waals surface area contributed by atoms with Crippen molar-refractivity contribution in [1.29, 1.82) is 0 Å². The number of anilines is 1. The van der Waals surface area contributed by atoms with E-state index >= 15 is 0 Å². The summed E-state index contributed by atoms with van der Waals surface area (Å²) in [6.07, 6.45) is 3.06. The molecule has 2 amide bonds. The molecular formula is C21H19N3O3. The molecule has 1 aromatic heterocycles. The summed E-state index contributed by atoms with van der Waals surface area (Å²) in [5.74, 6) is -0.640. The van der Waals surface area contributed by atoms with Crippen LogP contribution < -0.4 is 15.4 Å². The number of carbonyl (C=O) groups excluding carboxylic acids is 2. The molecule has 2 aromatic carbocycles. The normalized spacial score (nSPS) is 15.9. The summed E-state index contributed by atoms with van der Waals surface area (Å²) in [6, 6.07) is 16.7. The Morgan fingerprint density at radius 3 is 2.78 bits per heavy atom. The van der Waals surface area contributed by atoms with E-state index in [1.54, 1.807) is 12.3 Å². The Balaban J connectivity index is 1.47. The first-order chi connectivity index (χ1) is 13.2. The molecule has 2 heterocycles. The van der Waals surface area contributed by atoms with Crippen LogP contribution in [0.15, 0.2) is 60.8 Å². The van der Waals surface area contributed by atoms with Gasteiger partial charge in [-0.1, -0.05) is 36.4 Å². The van der Waals surface area contributed by atoms with Gasteiger partial charge in [0, 0.05) is 10.9 Å². The van der Waals surface area contributed by atoms with Crippen molar-refractivity contribution in [2.24, 2.45) is 0 Å². The highest BCUT2D eigenvalue weighted by molar-refractivity contribution is 6.39. The van der Waals surface area contributed by atoms with Crippen molar-refractivity contribution in [2.45, 2.75) is 18.9 Å². The minimum Gasteiger partial charge on any atom is -0.493 e. The summed E-state index contributed by atoms with van der Waals surface area (Å²) in [6.45, 7) is 0.596. The van der Waals surface area contributed by atoms with E-state index in [2.05, 4.69) is 15.6 Å². The van der Waals surface area contributed by atoms with E-state index in [1.165, 1.54) is 0 Å². The van der Waals surface area contributed by atoms with E-state index in [9.17, 15) is 9.59 Å². The van der Waals surface area contributed by atoms with Crippen LogP contribution in [0.5, 0.6) is 5.75 Å². The smallest absolute Gasteiger partial charge is 0.313 e. The predicted molar refractivity (Wildman–Crippen MR) is 102 cm³/mol. The van der Waals surface area contributed by atoms with Gasteiger partial charge in [0.25, 0.3) is 0 Å². The third kappa shape index (κ3) is 3.74. The molecular weight excluding hydrogens is 342 g/mol. The number of nitrogens with one attached hydrogen (secondary N) is 2. The summed E-state index contributed by atoms with van der Waals surface area (Å²) in [5, 5.41) is 6.33. The average Bonchev–Trinajstić information content (AvgIpc) is 2.90. The van der Waals surface area contributed by atoms with Crippen LogP contribution in [0, 0.1) is 0 Å². The average molecular weight is 361 g/mol. The summed E-state index contributed by atoms with van der Waals surface area (Å²) in [5.41, 5.74) is 2.21. The maximum Gasteiger partial charge on any atom is 0.313 e. The molecule has 4 rings (SSSR count). The molecule has 6 nitrogen and oxygen atoms in total. The zero-order valence-electron chi connectivity index (χ0n) is 14.6. The molecule has 1 aliphatic rings. The Morgan fingerprint density at radius 2 is 1.85 bits per heavy atom. The van der Waals surface area contributed by atoms with Crippen molar-refractivity contribution in [3.05, 3.63) is 66.4 Å². The molecule has 0 saturated heterocycles. The van der Waals surface area contributed by atoms with Crippen molar-refractivity contribution in [3.63, 3.8) is 0 Å². The predicted octanol–water partition coefficient (Wildman–Crippen LogP) is 3.20. The van der Waals surface area contributed by atoms with Crippen LogP contribution >= 0.6 is 0 Å². The Hall–Kier alpha value is -3.41. The fourth-order valence-electron chi connectivity index (χ4n) is 3.23. The standard InChI is InChI=1S/C21H19N3O3/c25-20(23-15-12-14-6-1-3-8-17(14)22-13-15)21(26)24-18-9-5-11-27-19-10-4-2-7-16(18)19/h1-4,6-8,10,12-13,18H,5,9,11H2,(H,23,25)(H,24,26)/t18-/m1/s1. The van der Waals surface area contributed by atoms with Crippen molar-refractivity contribution in [3.8, 4) is 5.75 Å². The highest BCUT2D eigenvalue weighted by atomic mass is 16.5. The monoisotopic (exact) mass is 361 g/mol. The number of para-hydroxylation sites is 2. The van der Waals surface area contributed by atoms with Crippen LogP contribution in [0.4, 0.5) is 5.69 Å². The topological polar surface area (TPSA) is 80.3 Å². The van der Waals surface area contributed by atoms with Gasteiger partial charge in [-0.05, 0) is 31.0 Å². The fourth-order valence-corrected chi connectivity index (χ4v) is 3.23. The summed E-state index contributed by atoms with van der Waals surface area (Å²) in [4.78, 5) is 29.0. The first-order valence-electron chi connectivity index (χ1n) is 8.89. The third-order valence-electron chi connectivity index (χ3n) is 4.55. The molecule has 1 aliphatic heterocycles. The molecule has 2 N–H and O–H groups in total. The number of benzene rings is 2. The van der Waals surface area contributed by atoms with Crippen LogP contribution in [-0.4, -0.2) is 23.4 Å². The van der Waals surface area contributed by atoms with Crippen molar-refractivity contribution in [1.82, 2.24) is 10.3 Å². The molecule has 6 heteroatoms. The molecule has 3 aromatic rings. The van der Waals surface area contributed by atoms with E-state index in [0.29, 0.717) is 18.7 Å². The van der Waals surface area contributed by atoms with Crippen LogP contribution in [0.25, 0.3) is 10.9 Å². The largest absolute Gasteiger partial charge is 0.493 e. The second-order valence-corrected chi connectivity index (χ2v) is 6.43. The summed E-state index contributed by atoms with van der Waals surface area (Å²) in [7, 11) is 0. The third-order valence-corrected chi connectivity index (χ3v) is 4.55. The number of pyridine rings is 1. The molecule has 0 saturated carbocycles. The Morgan fingerprint density at radius 1 is 1.04 bits per heavy atom. The first-order valence-corrected chi connectivity index (χ1v) is 8.89. The van der Waals surface area contributed by atoms with E-state index in [0.717, 1.165) is 28.6 Å². The maximum atomic E-state index is 12.4. The van der Waals surface area contributed by atoms with Crippen molar-refractivity contribution >= 4 is 28.4 Å². The van der Waals surface area contributed by atoms with E-state index < -0.39 is 11.8 Å². The number of nitrogens with zero attached hydrogens (tertiary/aromatic N) is 1. The number of fused-ring (bicyclic) bond motifs is 2. The lowest BCUT2D eigenvalue weighted by Crippen LogP contribution is -2.37. The molecule has 0 fully saturated rings. The molecule has 0 unspecified atom stereocenters. The van der Waals surface area contributed by atoms with Crippen LogP contribution in [-0.2, 0) is 9.59 Å². The van der Waals surface area contributed by atoms with Gasteiger partial charge in [0.05, 0.1) is 30.0 Å². The van der Waals surface area contributed by atoms with Gasteiger partial charge in [-0.2, -0.15) is 0 Å². The van der Waals surface area contributed by atoms with Gasteiger partial charge in [-0.25, -0.2) is 0 Å². The lowest BCUT2D eigenvalue weighted by molar-refractivity contribution is -0.136. The molecule has 136 valence electrons. The number of aromatic nitrogens is 1. The van der Waals surface area contributed by atoms with E-state index in [-0.39, 0.29) is 6.04 Å². The lowest BCUT2D eigenvalue weighted by Gasteiger charge is -2.18. The second kappa shape index (κ2) is 7.45. The van der Waals surface area contributed by atoms with Crippen molar-refractivity contribution < 1.29 is 14.3 Å². The zero-order chi connectivity index (χ0) is 18.6. The van der Waals surface area contributed by atoms with Gasteiger partial charge >= 0.3 is 11.8 Å². The molecule has 0 aliphatic carbocycles. The highest BCUT2D eigenvalue weighted by Crippen LogP contribution is 2.31. The summed E-state index contributed by atoms with van der Waals surface area (Å²) < 4.78 is 5.70. The van der Waals surface area contributed by atoms with E-state index in [1.807, 2.05) is 48.5 Å². The molecule has 1 atom stereocenters. The quantitative estimate of drug-likeness (QED) is 0.687. The van der Waals surface area contributed by atoms with E-state index in [4.69, 9.17) is 4.74 Å². The molecule has 0 spiro atoms. The maximum absolute atomic E-state index is 12.4. The lowest BCUT2D eigenvalue weighted by atomic mass is 10.0.